The van der Waals surface area contributed by atoms with Crippen LogP contribution < -0.4 is 16.6 Å². The number of carbonyl (C=O) groups excluding carboxylic acids is 1. The van der Waals surface area contributed by atoms with Gasteiger partial charge in [-0.2, -0.15) is 0 Å². The molecule has 0 radical (unpaired) electrons. The van der Waals surface area contributed by atoms with Crippen LogP contribution in [0.4, 0.5) is 0 Å². The van der Waals surface area contributed by atoms with Gasteiger partial charge in [0.15, 0.2) is 0 Å². The number of amides is 1. The molecule has 0 aliphatic rings. The van der Waals surface area contributed by atoms with Crippen LogP contribution in [-0.2, 0) is 25.0 Å². The lowest BCUT2D eigenvalue weighted by molar-refractivity contribution is -0.122. The summed E-state index contributed by atoms with van der Waals surface area (Å²) in [5.41, 5.74) is -0.926. The number of aromatic nitrogens is 2. The minimum absolute atomic E-state index is 0.171. The zero-order chi connectivity index (χ0) is 19.0. The lowest BCUT2D eigenvalue weighted by atomic mass is 10.3. The summed E-state index contributed by atoms with van der Waals surface area (Å²) in [6.07, 6.45) is -0.121. The summed E-state index contributed by atoms with van der Waals surface area (Å²) in [7, 11) is -3.42. The molecule has 0 aliphatic carbocycles. The number of hydrogen-bond acceptors (Lipinski definition) is 7. The smallest absolute Gasteiger partial charge is 0.333 e. The number of aliphatic hydroxyl groups is 1. The van der Waals surface area contributed by atoms with E-state index in [0.29, 0.717) is 5.56 Å². The summed E-state index contributed by atoms with van der Waals surface area (Å²) in [5.74, 6) is -0.546. The monoisotopic (exact) mass is 377 g/mol. The molecule has 1 amide bonds. The summed E-state index contributed by atoms with van der Waals surface area (Å²) in [6, 6.07) is 0. The van der Waals surface area contributed by atoms with Crippen molar-refractivity contribution < 1.29 is 23.5 Å². The highest BCUT2D eigenvalue weighted by Crippen LogP contribution is 2.48. The first-order chi connectivity index (χ1) is 11.7. The third-order valence-electron chi connectivity index (χ3n) is 3.12. The standard InChI is InChI=1S/C14H24N3O7P/c1-4-23-25(22,24-5-2)9-11(18)6-15-12(19)8-17-7-10(3)13(20)16-14(17)21/h7,11,18H,4-6,8-9H2,1-3H3,(H,15,19)(H,16,20,21). The number of aryl methyl sites for hydroxylation is 1. The zero-order valence-corrected chi connectivity index (χ0v) is 15.4. The molecule has 1 rings (SSSR count). The maximum atomic E-state index is 12.3. The minimum Gasteiger partial charge on any atom is -0.391 e. The van der Waals surface area contributed by atoms with E-state index in [2.05, 4.69) is 10.3 Å². The molecule has 1 atom stereocenters. The molecule has 1 aromatic heterocycles. The Bertz CT molecular complexity index is 733. The highest BCUT2D eigenvalue weighted by atomic mass is 31.2. The first-order valence-electron chi connectivity index (χ1n) is 7.84. The molecular weight excluding hydrogens is 353 g/mol. The quantitative estimate of drug-likeness (QED) is 0.471. The Labute approximate surface area is 144 Å². The normalized spacial score (nSPS) is 12.8. The number of nitrogens with zero attached hydrogens (tertiary/aromatic N) is 1. The van der Waals surface area contributed by atoms with Crippen molar-refractivity contribution in [1.29, 1.82) is 0 Å². The van der Waals surface area contributed by atoms with Gasteiger partial charge in [-0.15, -0.1) is 0 Å². The van der Waals surface area contributed by atoms with E-state index in [1.165, 1.54) is 13.1 Å². The van der Waals surface area contributed by atoms with Crippen LogP contribution in [0.15, 0.2) is 15.8 Å². The second kappa shape index (κ2) is 9.67. The molecule has 10 nitrogen and oxygen atoms in total. The van der Waals surface area contributed by atoms with Crippen LogP contribution in [0, 0.1) is 6.92 Å². The fourth-order valence-corrected chi connectivity index (χ4v) is 3.75. The van der Waals surface area contributed by atoms with Crippen molar-refractivity contribution in [1.82, 2.24) is 14.9 Å². The Hall–Kier alpha value is -1.74. The average molecular weight is 377 g/mol. The lowest BCUT2D eigenvalue weighted by Crippen LogP contribution is -2.39. The Morgan fingerprint density at radius 3 is 2.52 bits per heavy atom. The molecule has 1 heterocycles. The van der Waals surface area contributed by atoms with Gasteiger partial charge in [0.1, 0.15) is 6.54 Å². The molecule has 0 aromatic carbocycles. The van der Waals surface area contributed by atoms with E-state index in [1.54, 1.807) is 13.8 Å². The summed E-state index contributed by atoms with van der Waals surface area (Å²) in [4.78, 5) is 36.9. The van der Waals surface area contributed by atoms with Gasteiger partial charge in [-0.05, 0) is 20.8 Å². The van der Waals surface area contributed by atoms with Gasteiger partial charge in [0.25, 0.3) is 5.56 Å². The summed E-state index contributed by atoms with van der Waals surface area (Å²) in [6.45, 7) is 4.66. The van der Waals surface area contributed by atoms with Gasteiger partial charge < -0.3 is 19.5 Å². The summed E-state index contributed by atoms with van der Waals surface area (Å²) in [5, 5.41) is 12.4. The van der Waals surface area contributed by atoms with Crippen LogP contribution in [0.1, 0.15) is 19.4 Å². The van der Waals surface area contributed by atoms with Crippen molar-refractivity contribution in [2.75, 3.05) is 25.9 Å². The van der Waals surface area contributed by atoms with Crippen LogP contribution in [-0.4, -0.2) is 52.6 Å². The van der Waals surface area contributed by atoms with Crippen molar-refractivity contribution in [3.8, 4) is 0 Å². The number of nitrogens with one attached hydrogen (secondary N) is 2. The lowest BCUT2D eigenvalue weighted by Gasteiger charge is -2.20. The second-order valence-electron chi connectivity index (χ2n) is 5.29. The van der Waals surface area contributed by atoms with Gasteiger partial charge in [-0.1, -0.05) is 0 Å². The Kier molecular flexibility index (Phi) is 8.24. The van der Waals surface area contributed by atoms with E-state index >= 15 is 0 Å². The van der Waals surface area contributed by atoms with E-state index in [9.17, 15) is 24.1 Å². The van der Waals surface area contributed by atoms with Crippen LogP contribution in [0.5, 0.6) is 0 Å². The van der Waals surface area contributed by atoms with E-state index in [-0.39, 0.29) is 32.5 Å². The molecule has 0 bridgehead atoms. The molecule has 0 aliphatic heterocycles. The molecule has 0 fully saturated rings. The fraction of sp³-hybridized carbons (Fsp3) is 0.643. The topological polar surface area (TPSA) is 140 Å². The van der Waals surface area contributed by atoms with Crippen LogP contribution in [0.2, 0.25) is 0 Å². The second-order valence-corrected chi connectivity index (χ2v) is 7.39. The fourth-order valence-electron chi connectivity index (χ4n) is 2.04. The van der Waals surface area contributed by atoms with Crippen molar-refractivity contribution in [3.05, 3.63) is 32.6 Å². The highest BCUT2D eigenvalue weighted by Gasteiger charge is 2.27. The molecule has 0 saturated carbocycles. The first-order valence-corrected chi connectivity index (χ1v) is 9.56. The highest BCUT2D eigenvalue weighted by molar-refractivity contribution is 7.53. The molecule has 142 valence electrons. The van der Waals surface area contributed by atoms with Gasteiger partial charge in [0.05, 0.1) is 25.5 Å². The molecular formula is C14H24N3O7P. The predicted octanol–water partition coefficient (Wildman–Crippen LogP) is -0.412. The van der Waals surface area contributed by atoms with Gasteiger partial charge in [-0.25, -0.2) is 4.79 Å². The van der Waals surface area contributed by atoms with Crippen molar-refractivity contribution in [2.24, 2.45) is 0 Å². The molecule has 1 unspecified atom stereocenters. The molecule has 11 heteroatoms. The maximum Gasteiger partial charge on any atom is 0.333 e. The van der Waals surface area contributed by atoms with E-state index in [4.69, 9.17) is 9.05 Å². The number of hydrogen-bond donors (Lipinski definition) is 3. The molecule has 0 spiro atoms. The Morgan fingerprint density at radius 1 is 1.36 bits per heavy atom. The molecule has 0 saturated heterocycles. The summed E-state index contributed by atoms with van der Waals surface area (Å²) >= 11 is 0. The molecule has 3 N–H and O–H groups in total. The van der Waals surface area contributed by atoms with E-state index in [0.717, 1.165) is 4.57 Å². The predicted molar refractivity (Wildman–Crippen MR) is 90.8 cm³/mol. The molecule has 1 aromatic rings. The van der Waals surface area contributed by atoms with Gasteiger partial charge in [0.2, 0.25) is 5.91 Å². The maximum absolute atomic E-state index is 12.3. The van der Waals surface area contributed by atoms with Crippen LogP contribution >= 0.6 is 7.60 Å². The van der Waals surface area contributed by atoms with Crippen molar-refractivity contribution >= 4 is 13.5 Å². The average Bonchev–Trinajstić information content (AvgIpc) is 2.51. The van der Waals surface area contributed by atoms with E-state index in [1.807, 2.05) is 0 Å². The SMILES string of the molecule is CCOP(=O)(CC(O)CNC(=O)Cn1cc(C)c(=O)[nH]c1=O)OCC. The minimum atomic E-state index is -3.42. The summed E-state index contributed by atoms with van der Waals surface area (Å²) < 4.78 is 23.5. The Balaban J connectivity index is 2.58. The Morgan fingerprint density at radius 2 is 1.96 bits per heavy atom. The number of rotatable bonds is 10. The van der Waals surface area contributed by atoms with Gasteiger partial charge in [0, 0.05) is 18.3 Å². The van der Waals surface area contributed by atoms with Crippen molar-refractivity contribution in [2.45, 2.75) is 33.4 Å². The molecule has 25 heavy (non-hydrogen) atoms. The largest absolute Gasteiger partial charge is 0.391 e. The third-order valence-corrected chi connectivity index (χ3v) is 5.30. The van der Waals surface area contributed by atoms with Crippen LogP contribution in [0.25, 0.3) is 0 Å². The van der Waals surface area contributed by atoms with Gasteiger partial charge >= 0.3 is 13.3 Å². The van der Waals surface area contributed by atoms with Crippen molar-refractivity contribution in [3.63, 3.8) is 0 Å². The number of carbonyl (C=O) groups is 1. The third kappa shape index (κ3) is 6.95. The zero-order valence-electron chi connectivity index (χ0n) is 14.5. The number of aliphatic hydroxyl groups excluding tert-OH is 1. The van der Waals surface area contributed by atoms with E-state index < -0.39 is 30.9 Å². The first kappa shape index (κ1) is 21.3. The van der Waals surface area contributed by atoms with Crippen LogP contribution in [0.3, 0.4) is 0 Å². The van der Waals surface area contributed by atoms with Gasteiger partial charge in [-0.3, -0.25) is 23.7 Å². The number of aromatic amines is 1. The number of H-pyrrole nitrogens is 1.